The molecular formula is C16H15N7O3. The molecule has 4 heterocycles. The van der Waals surface area contributed by atoms with Crippen molar-refractivity contribution >= 4 is 28.6 Å². The Kier molecular flexibility index (Phi) is 3.02. The molecule has 0 saturated carbocycles. The summed E-state index contributed by atoms with van der Waals surface area (Å²) in [6, 6.07) is 6.29. The fourth-order valence-corrected chi connectivity index (χ4v) is 3.95. The van der Waals surface area contributed by atoms with Crippen molar-refractivity contribution in [2.75, 3.05) is 22.9 Å². The fraction of sp³-hybridized carbons (Fsp3) is 0.312. The average molecular weight is 353 g/mol. The molecule has 0 radical (unpaired) electrons. The Hall–Kier alpha value is -3.43. The van der Waals surface area contributed by atoms with Crippen LogP contribution in [-0.4, -0.2) is 51.4 Å². The van der Waals surface area contributed by atoms with E-state index in [1.807, 2.05) is 18.2 Å². The van der Waals surface area contributed by atoms with Gasteiger partial charge in [-0.3, -0.25) is 14.6 Å². The van der Waals surface area contributed by atoms with Crippen molar-refractivity contribution in [2.45, 2.75) is 18.5 Å². The highest BCUT2D eigenvalue weighted by molar-refractivity contribution is 5.92. The van der Waals surface area contributed by atoms with E-state index >= 15 is 0 Å². The number of nitrogens with two attached hydrogens (primary N) is 1. The van der Waals surface area contributed by atoms with Crippen molar-refractivity contribution in [1.29, 1.82) is 0 Å². The molecule has 5 rings (SSSR count). The van der Waals surface area contributed by atoms with Crippen LogP contribution in [0.5, 0.6) is 0 Å². The number of fused-ring (bicyclic) bond motifs is 3. The number of carbonyl (C=O) groups excluding carboxylic acids is 1. The van der Waals surface area contributed by atoms with Crippen molar-refractivity contribution in [2.24, 2.45) is 5.73 Å². The average Bonchev–Trinajstić information content (AvgIpc) is 3.35. The molecule has 0 aliphatic carbocycles. The van der Waals surface area contributed by atoms with Crippen LogP contribution in [0.25, 0.3) is 11.0 Å². The van der Waals surface area contributed by atoms with E-state index in [-0.39, 0.29) is 17.6 Å². The molecule has 2 saturated heterocycles. The van der Waals surface area contributed by atoms with E-state index in [1.165, 1.54) is 6.20 Å². The van der Waals surface area contributed by atoms with Crippen LogP contribution in [0.4, 0.5) is 11.6 Å². The predicted molar refractivity (Wildman–Crippen MR) is 92.1 cm³/mol. The summed E-state index contributed by atoms with van der Waals surface area (Å²) in [5.41, 5.74) is 7.00. The van der Waals surface area contributed by atoms with E-state index in [9.17, 15) is 9.59 Å². The molecule has 2 aliphatic heterocycles. The van der Waals surface area contributed by atoms with Crippen molar-refractivity contribution in [3.05, 3.63) is 40.3 Å². The van der Waals surface area contributed by atoms with Crippen LogP contribution in [0.1, 0.15) is 16.8 Å². The largest absolute Gasteiger partial charge is 0.365 e. The minimum Gasteiger partial charge on any atom is -0.365 e. The van der Waals surface area contributed by atoms with Gasteiger partial charge in [-0.2, -0.15) is 0 Å². The number of carbonyl (C=O) groups is 1. The van der Waals surface area contributed by atoms with Gasteiger partial charge in [-0.15, -0.1) is 0 Å². The minimum atomic E-state index is -0.784. The molecule has 2 aliphatic rings. The van der Waals surface area contributed by atoms with E-state index < -0.39 is 11.5 Å². The van der Waals surface area contributed by atoms with Crippen LogP contribution < -0.4 is 21.1 Å². The highest BCUT2D eigenvalue weighted by atomic mass is 16.6. The van der Waals surface area contributed by atoms with Gasteiger partial charge < -0.3 is 15.5 Å². The lowest BCUT2D eigenvalue weighted by Crippen LogP contribution is -2.47. The summed E-state index contributed by atoms with van der Waals surface area (Å²) in [5, 5.41) is 7.91. The summed E-state index contributed by atoms with van der Waals surface area (Å²) in [6.45, 7) is 1.49. The maximum Gasteiger partial charge on any atom is 0.265 e. The number of amides is 1. The summed E-state index contributed by atoms with van der Waals surface area (Å²) in [5.74, 6) is -0.317. The number of anilines is 2. The molecular weight excluding hydrogens is 338 g/mol. The molecule has 2 bridgehead atoms. The van der Waals surface area contributed by atoms with E-state index in [4.69, 9.17) is 10.4 Å². The first kappa shape index (κ1) is 14.9. The van der Waals surface area contributed by atoms with Gasteiger partial charge in [0.1, 0.15) is 11.1 Å². The SMILES string of the molecule is NC(=O)c1cnc(N2C[C@@H]3C[C@H]2CN3c2cccc3nonc23)[nH]c1=O. The van der Waals surface area contributed by atoms with Crippen molar-refractivity contribution < 1.29 is 9.42 Å². The molecule has 10 nitrogen and oxygen atoms in total. The summed E-state index contributed by atoms with van der Waals surface area (Å²) < 4.78 is 4.85. The van der Waals surface area contributed by atoms with Crippen LogP contribution in [0.2, 0.25) is 0 Å². The van der Waals surface area contributed by atoms with Crippen LogP contribution in [-0.2, 0) is 0 Å². The van der Waals surface area contributed by atoms with Crippen molar-refractivity contribution in [1.82, 2.24) is 20.3 Å². The summed E-state index contributed by atoms with van der Waals surface area (Å²) in [6.07, 6.45) is 2.19. The lowest BCUT2D eigenvalue weighted by Gasteiger charge is -2.35. The second-order valence-corrected chi connectivity index (χ2v) is 6.57. The maximum atomic E-state index is 12.0. The van der Waals surface area contributed by atoms with Gasteiger partial charge in [0.15, 0.2) is 5.52 Å². The zero-order valence-electron chi connectivity index (χ0n) is 13.6. The first-order valence-electron chi connectivity index (χ1n) is 8.25. The number of aromatic nitrogens is 4. The molecule has 2 aromatic heterocycles. The number of nitrogens with zero attached hydrogens (tertiary/aromatic N) is 5. The predicted octanol–water partition coefficient (Wildman–Crippen LogP) is -0.128. The highest BCUT2D eigenvalue weighted by Gasteiger charge is 2.45. The lowest BCUT2D eigenvalue weighted by atomic mass is 10.2. The summed E-state index contributed by atoms with van der Waals surface area (Å²) in [7, 11) is 0. The second-order valence-electron chi connectivity index (χ2n) is 6.57. The third-order valence-corrected chi connectivity index (χ3v) is 5.14. The van der Waals surface area contributed by atoms with Gasteiger partial charge in [-0.1, -0.05) is 6.07 Å². The number of hydrogen-bond donors (Lipinski definition) is 2. The number of primary amides is 1. The molecule has 1 amide bonds. The number of benzene rings is 1. The van der Waals surface area contributed by atoms with E-state index in [0.717, 1.165) is 29.7 Å². The van der Waals surface area contributed by atoms with Crippen molar-refractivity contribution in [3.63, 3.8) is 0 Å². The number of nitrogens with one attached hydrogen (secondary N) is 1. The Morgan fingerprint density at radius 3 is 2.77 bits per heavy atom. The number of piperazine rings is 1. The number of hydrogen-bond acceptors (Lipinski definition) is 8. The molecule has 0 unspecified atom stereocenters. The third-order valence-electron chi connectivity index (χ3n) is 5.14. The Morgan fingerprint density at radius 1 is 1.23 bits per heavy atom. The van der Waals surface area contributed by atoms with Crippen LogP contribution >= 0.6 is 0 Å². The van der Waals surface area contributed by atoms with Gasteiger partial charge in [0.05, 0.1) is 11.7 Å². The molecule has 26 heavy (non-hydrogen) atoms. The van der Waals surface area contributed by atoms with Crippen molar-refractivity contribution in [3.8, 4) is 0 Å². The lowest BCUT2D eigenvalue weighted by molar-refractivity contribution is 0.0998. The number of H-pyrrole nitrogens is 1. The normalized spacial score (nSPS) is 21.7. The van der Waals surface area contributed by atoms with Crippen LogP contribution in [0.15, 0.2) is 33.8 Å². The quantitative estimate of drug-likeness (QED) is 0.665. The Balaban J connectivity index is 1.42. The zero-order valence-corrected chi connectivity index (χ0v) is 13.6. The van der Waals surface area contributed by atoms with Gasteiger partial charge in [-0.05, 0) is 28.9 Å². The second kappa shape index (κ2) is 5.28. The van der Waals surface area contributed by atoms with E-state index in [2.05, 4.69) is 30.1 Å². The van der Waals surface area contributed by atoms with E-state index in [0.29, 0.717) is 12.5 Å². The number of aromatic amines is 1. The van der Waals surface area contributed by atoms with Gasteiger partial charge >= 0.3 is 0 Å². The smallest absolute Gasteiger partial charge is 0.265 e. The van der Waals surface area contributed by atoms with Gasteiger partial charge in [0.2, 0.25) is 5.95 Å². The Labute approximate surface area is 146 Å². The van der Waals surface area contributed by atoms with Gasteiger partial charge in [-0.25, -0.2) is 9.61 Å². The topological polar surface area (TPSA) is 134 Å². The minimum absolute atomic E-state index is 0.134. The van der Waals surface area contributed by atoms with E-state index in [1.54, 1.807) is 0 Å². The molecule has 0 spiro atoms. The third kappa shape index (κ3) is 2.08. The number of rotatable bonds is 3. The Morgan fingerprint density at radius 2 is 2.04 bits per heavy atom. The van der Waals surface area contributed by atoms with Gasteiger partial charge in [0.25, 0.3) is 11.5 Å². The van der Waals surface area contributed by atoms with Crippen LogP contribution in [0.3, 0.4) is 0 Å². The zero-order chi connectivity index (χ0) is 17.8. The maximum absolute atomic E-state index is 12.0. The fourth-order valence-electron chi connectivity index (χ4n) is 3.95. The standard InChI is InChI=1S/C16H15N7O3/c17-14(24)10-5-18-16(19-15(10)25)23-7-8-4-9(23)6-22(8)12-3-1-2-11-13(12)21-26-20-11/h1-3,5,8-9H,4,6-7H2,(H2,17,24)(H,18,19,25)/t8-,9-/m0/s1. The first-order chi connectivity index (χ1) is 12.6. The highest BCUT2D eigenvalue weighted by Crippen LogP contribution is 2.38. The molecule has 2 atom stereocenters. The Bertz CT molecular complexity index is 1070. The first-order valence-corrected chi connectivity index (χ1v) is 8.25. The summed E-state index contributed by atoms with van der Waals surface area (Å²) >= 11 is 0. The molecule has 2 fully saturated rings. The molecule has 132 valence electrons. The molecule has 1 aromatic carbocycles. The van der Waals surface area contributed by atoms with Gasteiger partial charge in [0, 0.05) is 25.3 Å². The monoisotopic (exact) mass is 353 g/mol. The molecule has 3 aromatic rings. The summed E-state index contributed by atoms with van der Waals surface area (Å²) in [4.78, 5) is 34.4. The molecule has 3 N–H and O–H groups in total. The van der Waals surface area contributed by atoms with Crippen LogP contribution in [0, 0.1) is 0 Å². The molecule has 10 heteroatoms.